The number of carboxylic acid groups (broad SMARTS) is 1. The molecule has 1 amide bonds. The molecule has 1 aliphatic heterocycles. The Morgan fingerprint density at radius 1 is 1.39 bits per heavy atom. The van der Waals surface area contributed by atoms with Gasteiger partial charge in [0.05, 0.1) is 47.9 Å². The molecule has 2 aliphatic rings. The number of nitrogens with zero attached hydrogens (tertiary/aromatic N) is 2. The number of carbonyl (C=O) groups excluding carboxylic acids is 1. The number of hydrogen-bond acceptors (Lipinski definition) is 7. The van der Waals surface area contributed by atoms with E-state index in [2.05, 4.69) is 4.98 Å². The summed E-state index contributed by atoms with van der Waals surface area (Å²) in [4.78, 5) is 27.9. The Kier molecular flexibility index (Phi) is 7.34. The molecule has 170 valence electrons. The van der Waals surface area contributed by atoms with Gasteiger partial charge in [0.1, 0.15) is 12.4 Å². The van der Waals surface area contributed by atoms with Crippen LogP contribution in [0.4, 0.5) is 13.2 Å². The summed E-state index contributed by atoms with van der Waals surface area (Å²) in [6.45, 7) is 3.64. The fourth-order valence-corrected chi connectivity index (χ4v) is 4.16. The van der Waals surface area contributed by atoms with Crippen molar-refractivity contribution in [2.24, 2.45) is 0 Å². The summed E-state index contributed by atoms with van der Waals surface area (Å²) in [5.41, 5.74) is 1.56. The summed E-state index contributed by atoms with van der Waals surface area (Å²) in [5.74, 6) is -2.75. The number of fused-ring (bicyclic) bond motifs is 1. The van der Waals surface area contributed by atoms with Gasteiger partial charge in [-0.1, -0.05) is 0 Å². The van der Waals surface area contributed by atoms with Crippen molar-refractivity contribution in [2.45, 2.75) is 50.8 Å². The summed E-state index contributed by atoms with van der Waals surface area (Å²) in [6, 6.07) is 1.78. The molecule has 2 fully saturated rings. The molecular weight excluding hydrogens is 441 g/mol. The van der Waals surface area contributed by atoms with E-state index < -0.39 is 12.1 Å². The number of furan rings is 1. The third-order valence-electron chi connectivity index (χ3n) is 4.92. The molecular formula is C19H21F3N2O6S. The van der Waals surface area contributed by atoms with E-state index in [0.717, 1.165) is 23.5 Å². The lowest BCUT2D eigenvalue weighted by Crippen LogP contribution is -2.53. The van der Waals surface area contributed by atoms with Gasteiger partial charge in [-0.25, -0.2) is 9.78 Å². The van der Waals surface area contributed by atoms with Crippen molar-refractivity contribution < 1.29 is 41.8 Å². The standard InChI is InChI=1S/C17H20N2O4S.C2HF3O2/c1-11-18-13(10-24-11)9-23-15-3-2-14-16(15)22-7-5-19(14)17(20)12-4-6-21-8-12;3-2(4,5)1(6)7/h4,6,8,10,14-16H,2-3,5,7,9H2,1H3;(H,6,7)/t14-,15+,16+;/m0./s1. The molecule has 3 atom stereocenters. The molecule has 2 aromatic heterocycles. The maximum absolute atomic E-state index is 12.7. The van der Waals surface area contributed by atoms with E-state index in [1.54, 1.807) is 17.4 Å². The molecule has 0 unspecified atom stereocenters. The number of carboxylic acids is 1. The number of ether oxygens (including phenoxy) is 2. The van der Waals surface area contributed by atoms with Gasteiger partial charge in [-0.3, -0.25) is 4.79 Å². The van der Waals surface area contributed by atoms with Crippen LogP contribution in [0.5, 0.6) is 0 Å². The Morgan fingerprint density at radius 2 is 2.13 bits per heavy atom. The fourth-order valence-electron chi connectivity index (χ4n) is 3.57. The van der Waals surface area contributed by atoms with Crippen LogP contribution >= 0.6 is 11.3 Å². The molecule has 0 spiro atoms. The zero-order chi connectivity index (χ0) is 22.6. The minimum absolute atomic E-state index is 0.0111. The molecule has 0 bridgehead atoms. The lowest BCUT2D eigenvalue weighted by molar-refractivity contribution is -0.192. The van der Waals surface area contributed by atoms with Crippen LogP contribution < -0.4 is 0 Å². The van der Waals surface area contributed by atoms with Gasteiger partial charge in [-0.15, -0.1) is 11.3 Å². The van der Waals surface area contributed by atoms with E-state index in [1.807, 2.05) is 17.2 Å². The van der Waals surface area contributed by atoms with Crippen molar-refractivity contribution in [3.05, 3.63) is 40.2 Å². The van der Waals surface area contributed by atoms with Gasteiger partial charge in [0, 0.05) is 11.9 Å². The zero-order valence-corrected chi connectivity index (χ0v) is 17.3. The zero-order valence-electron chi connectivity index (χ0n) is 16.5. The molecule has 12 heteroatoms. The normalized spacial score (nSPS) is 23.1. The number of carbonyl (C=O) groups is 2. The third kappa shape index (κ3) is 5.83. The summed E-state index contributed by atoms with van der Waals surface area (Å²) in [6.07, 6.45) is -0.309. The fraction of sp³-hybridized carbons (Fsp3) is 0.526. The van der Waals surface area contributed by atoms with Crippen molar-refractivity contribution >= 4 is 23.2 Å². The van der Waals surface area contributed by atoms with Gasteiger partial charge in [0.25, 0.3) is 5.91 Å². The summed E-state index contributed by atoms with van der Waals surface area (Å²) < 4.78 is 48.8. The van der Waals surface area contributed by atoms with Gasteiger partial charge >= 0.3 is 12.1 Å². The summed E-state index contributed by atoms with van der Waals surface area (Å²) >= 11 is 1.63. The van der Waals surface area contributed by atoms with E-state index in [1.165, 1.54) is 12.5 Å². The van der Waals surface area contributed by atoms with Crippen LogP contribution in [0.3, 0.4) is 0 Å². The lowest BCUT2D eigenvalue weighted by atomic mass is 10.1. The quantitative estimate of drug-likeness (QED) is 0.744. The highest BCUT2D eigenvalue weighted by molar-refractivity contribution is 7.09. The summed E-state index contributed by atoms with van der Waals surface area (Å²) in [7, 11) is 0. The number of halogens is 3. The molecule has 0 aromatic carbocycles. The maximum Gasteiger partial charge on any atom is 0.490 e. The van der Waals surface area contributed by atoms with Gasteiger partial charge in [0.15, 0.2) is 0 Å². The minimum atomic E-state index is -5.08. The molecule has 31 heavy (non-hydrogen) atoms. The van der Waals surface area contributed by atoms with Gasteiger partial charge < -0.3 is 23.9 Å². The molecule has 8 nitrogen and oxygen atoms in total. The Hall–Kier alpha value is -2.44. The van der Waals surface area contributed by atoms with Crippen LogP contribution in [0.2, 0.25) is 0 Å². The molecule has 1 saturated carbocycles. The average Bonchev–Trinajstić information content (AvgIpc) is 3.46. The second-order valence-electron chi connectivity index (χ2n) is 7.00. The van der Waals surface area contributed by atoms with Crippen LogP contribution in [-0.4, -0.2) is 64.4 Å². The van der Waals surface area contributed by atoms with Crippen LogP contribution in [-0.2, 0) is 20.9 Å². The first kappa shape index (κ1) is 23.2. The number of aryl methyl sites for hydroxylation is 1. The molecule has 3 heterocycles. The summed E-state index contributed by atoms with van der Waals surface area (Å²) in [5, 5.41) is 10.2. The first-order valence-corrected chi connectivity index (χ1v) is 10.3. The van der Waals surface area contributed by atoms with Crippen molar-refractivity contribution in [3.63, 3.8) is 0 Å². The second kappa shape index (κ2) is 9.79. The number of rotatable bonds is 4. The van der Waals surface area contributed by atoms with Crippen LogP contribution in [0.25, 0.3) is 0 Å². The van der Waals surface area contributed by atoms with Crippen LogP contribution in [0, 0.1) is 6.92 Å². The predicted molar refractivity (Wildman–Crippen MR) is 102 cm³/mol. The van der Waals surface area contributed by atoms with Crippen LogP contribution in [0.1, 0.15) is 33.9 Å². The SMILES string of the molecule is Cc1nc(CO[C@@H]2CC[C@H]3[C@H]2OCCN3C(=O)c2ccoc2)cs1.O=C(O)C(F)(F)F. The topological polar surface area (TPSA) is 102 Å². The number of aromatic nitrogens is 1. The van der Waals surface area contributed by atoms with E-state index in [4.69, 9.17) is 23.8 Å². The van der Waals surface area contributed by atoms with Gasteiger partial charge in [-0.05, 0) is 25.8 Å². The first-order chi connectivity index (χ1) is 14.7. The van der Waals surface area contributed by atoms with Gasteiger partial charge in [-0.2, -0.15) is 13.2 Å². The number of amides is 1. The average molecular weight is 462 g/mol. The number of aliphatic carboxylic acids is 1. The van der Waals surface area contributed by atoms with Crippen LogP contribution in [0.15, 0.2) is 28.4 Å². The monoisotopic (exact) mass is 462 g/mol. The van der Waals surface area contributed by atoms with E-state index >= 15 is 0 Å². The van der Waals surface area contributed by atoms with Crippen molar-refractivity contribution in [2.75, 3.05) is 13.2 Å². The number of hydrogen-bond donors (Lipinski definition) is 1. The highest BCUT2D eigenvalue weighted by Crippen LogP contribution is 2.33. The molecule has 2 aromatic rings. The molecule has 4 rings (SSSR count). The third-order valence-corrected chi connectivity index (χ3v) is 5.74. The van der Waals surface area contributed by atoms with E-state index in [-0.39, 0.29) is 24.2 Å². The maximum atomic E-state index is 12.7. The highest BCUT2D eigenvalue weighted by atomic mass is 32.1. The largest absolute Gasteiger partial charge is 0.490 e. The van der Waals surface area contributed by atoms with Crippen molar-refractivity contribution in [1.29, 1.82) is 0 Å². The van der Waals surface area contributed by atoms with E-state index in [9.17, 15) is 18.0 Å². The lowest BCUT2D eigenvalue weighted by Gasteiger charge is -2.38. The molecule has 1 N–H and O–H groups in total. The Balaban J connectivity index is 0.000000339. The van der Waals surface area contributed by atoms with E-state index in [0.29, 0.717) is 25.3 Å². The predicted octanol–water partition coefficient (Wildman–Crippen LogP) is 3.27. The smallest absolute Gasteiger partial charge is 0.475 e. The molecule has 0 radical (unpaired) electrons. The Labute approximate surface area is 179 Å². The Bertz CT molecular complexity index is 886. The number of morpholine rings is 1. The molecule has 1 saturated heterocycles. The Morgan fingerprint density at radius 3 is 2.71 bits per heavy atom. The van der Waals surface area contributed by atoms with Crippen molar-refractivity contribution in [1.82, 2.24) is 9.88 Å². The highest BCUT2D eigenvalue weighted by Gasteiger charge is 2.45. The minimum Gasteiger partial charge on any atom is -0.475 e. The second-order valence-corrected chi connectivity index (χ2v) is 8.06. The number of thiazole rings is 1. The first-order valence-electron chi connectivity index (χ1n) is 9.44. The van der Waals surface area contributed by atoms with Crippen molar-refractivity contribution in [3.8, 4) is 0 Å². The number of alkyl halides is 3. The molecule has 1 aliphatic carbocycles. The van der Waals surface area contributed by atoms with Gasteiger partial charge in [0.2, 0.25) is 0 Å².